The number of nitrogens with one attached hydrogen (secondary N) is 1. The van der Waals surface area contributed by atoms with E-state index < -0.39 is 0 Å². The van der Waals surface area contributed by atoms with E-state index in [1.165, 1.54) is 0 Å². The standard InChI is InChI=1S/C14H15ClN2/c1-9-6-7-11(8-12(9)15)17-13-5-3-4-10(2)14(13)16/h3-8,17H,16H2,1-2H3. The van der Waals surface area contributed by atoms with Crippen molar-refractivity contribution in [1.82, 2.24) is 0 Å². The molecule has 0 aliphatic rings. The summed E-state index contributed by atoms with van der Waals surface area (Å²) in [6.07, 6.45) is 0. The smallest absolute Gasteiger partial charge is 0.0620 e. The van der Waals surface area contributed by atoms with Crippen molar-refractivity contribution in [1.29, 1.82) is 0 Å². The maximum absolute atomic E-state index is 6.08. The van der Waals surface area contributed by atoms with Gasteiger partial charge in [0, 0.05) is 10.7 Å². The fourth-order valence-electron chi connectivity index (χ4n) is 1.62. The second-order valence-corrected chi connectivity index (χ2v) is 4.53. The van der Waals surface area contributed by atoms with Gasteiger partial charge in [0.15, 0.2) is 0 Å². The molecule has 0 amide bonds. The fourth-order valence-corrected chi connectivity index (χ4v) is 1.80. The van der Waals surface area contributed by atoms with Crippen molar-refractivity contribution in [2.75, 3.05) is 11.1 Å². The van der Waals surface area contributed by atoms with E-state index in [4.69, 9.17) is 17.3 Å². The van der Waals surface area contributed by atoms with Gasteiger partial charge in [-0.1, -0.05) is 29.8 Å². The first-order chi connectivity index (χ1) is 8.08. The van der Waals surface area contributed by atoms with E-state index in [1.807, 2.05) is 50.2 Å². The quantitative estimate of drug-likeness (QED) is 0.776. The molecule has 0 aliphatic heterocycles. The molecule has 2 rings (SSSR count). The van der Waals surface area contributed by atoms with Crippen molar-refractivity contribution in [2.24, 2.45) is 0 Å². The molecule has 0 fully saturated rings. The van der Waals surface area contributed by atoms with Gasteiger partial charge in [0.05, 0.1) is 11.4 Å². The lowest BCUT2D eigenvalue weighted by Crippen LogP contribution is -1.98. The van der Waals surface area contributed by atoms with Crippen molar-refractivity contribution < 1.29 is 0 Å². The van der Waals surface area contributed by atoms with Crippen molar-refractivity contribution in [2.45, 2.75) is 13.8 Å². The van der Waals surface area contributed by atoms with Crippen LogP contribution in [0.5, 0.6) is 0 Å². The second kappa shape index (κ2) is 4.68. The molecule has 0 aromatic heterocycles. The van der Waals surface area contributed by atoms with E-state index in [0.717, 1.165) is 33.2 Å². The number of para-hydroxylation sites is 1. The molecule has 0 unspecified atom stereocenters. The summed E-state index contributed by atoms with van der Waals surface area (Å²) in [5, 5.41) is 4.02. The summed E-state index contributed by atoms with van der Waals surface area (Å²) in [7, 11) is 0. The fraction of sp³-hybridized carbons (Fsp3) is 0.143. The molecule has 0 bridgehead atoms. The zero-order chi connectivity index (χ0) is 12.4. The van der Waals surface area contributed by atoms with Crippen LogP contribution < -0.4 is 11.1 Å². The van der Waals surface area contributed by atoms with Crippen LogP contribution in [-0.2, 0) is 0 Å². The van der Waals surface area contributed by atoms with Crippen LogP contribution in [0.2, 0.25) is 5.02 Å². The molecule has 0 radical (unpaired) electrons. The first kappa shape index (κ1) is 11.8. The Morgan fingerprint density at radius 3 is 2.53 bits per heavy atom. The van der Waals surface area contributed by atoms with E-state index in [1.54, 1.807) is 0 Å². The predicted octanol–water partition coefficient (Wildman–Crippen LogP) is 4.28. The highest BCUT2D eigenvalue weighted by Crippen LogP contribution is 2.27. The Balaban J connectivity index is 2.31. The highest BCUT2D eigenvalue weighted by atomic mass is 35.5. The molecule has 0 saturated heterocycles. The number of rotatable bonds is 2. The number of anilines is 3. The lowest BCUT2D eigenvalue weighted by Gasteiger charge is -2.11. The van der Waals surface area contributed by atoms with Gasteiger partial charge < -0.3 is 11.1 Å². The second-order valence-electron chi connectivity index (χ2n) is 4.13. The molecule has 2 aromatic rings. The molecule has 88 valence electrons. The molecule has 17 heavy (non-hydrogen) atoms. The van der Waals surface area contributed by atoms with Gasteiger partial charge in [0.1, 0.15) is 0 Å². The minimum absolute atomic E-state index is 0.751. The lowest BCUT2D eigenvalue weighted by molar-refractivity contribution is 1.43. The van der Waals surface area contributed by atoms with E-state index in [0.29, 0.717) is 0 Å². The number of benzene rings is 2. The third-order valence-electron chi connectivity index (χ3n) is 2.77. The Labute approximate surface area is 106 Å². The van der Waals surface area contributed by atoms with Gasteiger partial charge in [-0.15, -0.1) is 0 Å². The Bertz CT molecular complexity index is 550. The molecule has 3 N–H and O–H groups in total. The topological polar surface area (TPSA) is 38.0 Å². The van der Waals surface area contributed by atoms with Crippen LogP contribution in [0, 0.1) is 13.8 Å². The third kappa shape index (κ3) is 2.53. The van der Waals surface area contributed by atoms with Crippen LogP contribution in [0.1, 0.15) is 11.1 Å². The van der Waals surface area contributed by atoms with Crippen LogP contribution in [0.4, 0.5) is 17.1 Å². The first-order valence-corrected chi connectivity index (χ1v) is 5.84. The summed E-state index contributed by atoms with van der Waals surface area (Å²) in [5.74, 6) is 0. The summed E-state index contributed by atoms with van der Waals surface area (Å²) in [6, 6.07) is 11.8. The largest absolute Gasteiger partial charge is 0.397 e. The number of aryl methyl sites for hydroxylation is 2. The molecule has 0 spiro atoms. The highest BCUT2D eigenvalue weighted by Gasteiger charge is 2.03. The number of halogens is 1. The van der Waals surface area contributed by atoms with E-state index in [2.05, 4.69) is 5.32 Å². The minimum Gasteiger partial charge on any atom is -0.397 e. The van der Waals surface area contributed by atoms with Gasteiger partial charge >= 0.3 is 0 Å². The third-order valence-corrected chi connectivity index (χ3v) is 3.18. The molecule has 0 heterocycles. The van der Waals surface area contributed by atoms with Gasteiger partial charge in [-0.05, 0) is 43.2 Å². The van der Waals surface area contributed by atoms with E-state index >= 15 is 0 Å². The SMILES string of the molecule is Cc1ccc(Nc2cccc(C)c2N)cc1Cl. The average molecular weight is 247 g/mol. The molecule has 3 heteroatoms. The van der Waals surface area contributed by atoms with Crippen molar-refractivity contribution in [3.63, 3.8) is 0 Å². The molecular formula is C14H15ClN2. The lowest BCUT2D eigenvalue weighted by atomic mass is 10.1. The minimum atomic E-state index is 0.751. The zero-order valence-corrected chi connectivity index (χ0v) is 10.7. The summed E-state index contributed by atoms with van der Waals surface area (Å²) in [5.41, 5.74) is 10.7. The highest BCUT2D eigenvalue weighted by molar-refractivity contribution is 6.31. The summed E-state index contributed by atoms with van der Waals surface area (Å²) >= 11 is 6.08. The molecule has 0 saturated carbocycles. The van der Waals surface area contributed by atoms with Crippen LogP contribution in [-0.4, -0.2) is 0 Å². The van der Waals surface area contributed by atoms with Gasteiger partial charge in [0.2, 0.25) is 0 Å². The van der Waals surface area contributed by atoms with Gasteiger partial charge in [-0.3, -0.25) is 0 Å². The Kier molecular flexibility index (Phi) is 3.25. The van der Waals surface area contributed by atoms with Crippen molar-refractivity contribution in [3.8, 4) is 0 Å². The number of nitrogens with two attached hydrogens (primary N) is 1. The summed E-state index contributed by atoms with van der Waals surface area (Å²) < 4.78 is 0. The Hall–Kier alpha value is -1.67. The van der Waals surface area contributed by atoms with Gasteiger partial charge in [0.25, 0.3) is 0 Å². The van der Waals surface area contributed by atoms with Crippen molar-refractivity contribution >= 4 is 28.7 Å². The Morgan fingerprint density at radius 2 is 1.82 bits per heavy atom. The van der Waals surface area contributed by atoms with Crippen molar-refractivity contribution in [3.05, 3.63) is 52.5 Å². The molecule has 0 atom stereocenters. The summed E-state index contributed by atoms with van der Waals surface area (Å²) in [6.45, 7) is 3.97. The van der Waals surface area contributed by atoms with E-state index in [9.17, 15) is 0 Å². The number of hydrogen-bond donors (Lipinski definition) is 2. The zero-order valence-electron chi connectivity index (χ0n) is 9.92. The number of hydrogen-bond acceptors (Lipinski definition) is 2. The van der Waals surface area contributed by atoms with Gasteiger partial charge in [-0.25, -0.2) is 0 Å². The average Bonchev–Trinajstić information content (AvgIpc) is 2.30. The van der Waals surface area contributed by atoms with Gasteiger partial charge in [-0.2, -0.15) is 0 Å². The maximum Gasteiger partial charge on any atom is 0.0620 e. The predicted molar refractivity (Wildman–Crippen MR) is 75.1 cm³/mol. The van der Waals surface area contributed by atoms with Crippen LogP contribution >= 0.6 is 11.6 Å². The van der Waals surface area contributed by atoms with E-state index in [-0.39, 0.29) is 0 Å². The van der Waals surface area contributed by atoms with Crippen LogP contribution in [0.15, 0.2) is 36.4 Å². The van der Waals surface area contributed by atoms with Crippen LogP contribution in [0.3, 0.4) is 0 Å². The molecule has 2 aromatic carbocycles. The normalized spacial score (nSPS) is 10.3. The number of nitrogen functional groups attached to an aromatic ring is 1. The monoisotopic (exact) mass is 246 g/mol. The summed E-state index contributed by atoms with van der Waals surface area (Å²) in [4.78, 5) is 0. The molecule has 0 aliphatic carbocycles. The molecule has 2 nitrogen and oxygen atoms in total. The van der Waals surface area contributed by atoms with Crippen LogP contribution in [0.25, 0.3) is 0 Å². The first-order valence-electron chi connectivity index (χ1n) is 5.46. The maximum atomic E-state index is 6.08. The Morgan fingerprint density at radius 1 is 1.06 bits per heavy atom. The molecular weight excluding hydrogens is 232 g/mol.